The van der Waals surface area contributed by atoms with Gasteiger partial charge in [-0.1, -0.05) is 30.3 Å². The number of carbonyl (C=O) groups excluding carboxylic acids is 1. The van der Waals surface area contributed by atoms with Gasteiger partial charge in [0.05, 0.1) is 0 Å². The van der Waals surface area contributed by atoms with E-state index in [0.29, 0.717) is 11.1 Å². The van der Waals surface area contributed by atoms with Gasteiger partial charge >= 0.3 is 0 Å². The van der Waals surface area contributed by atoms with E-state index >= 15 is 0 Å². The maximum atomic E-state index is 11.5. The molecule has 5 nitrogen and oxygen atoms in total. The zero-order valence-corrected chi connectivity index (χ0v) is 10.5. The van der Waals surface area contributed by atoms with E-state index in [0.717, 1.165) is 5.56 Å². The van der Waals surface area contributed by atoms with E-state index < -0.39 is 11.4 Å². The predicted molar refractivity (Wildman–Crippen MR) is 70.9 cm³/mol. The third-order valence-corrected chi connectivity index (χ3v) is 3.39. The van der Waals surface area contributed by atoms with E-state index in [1.165, 1.54) is 18.2 Å². The Balaban J connectivity index is 2.50. The standard InChI is InChI=1S/C14H14N2O3/c1-10-4-2-3-5-12(10)14(16(18)19)8-6-11(7-9-14)13(15)17/h2-8H,9H2,1H3,(H2,15,17). The summed E-state index contributed by atoms with van der Waals surface area (Å²) in [6.07, 6.45) is 4.54. The van der Waals surface area contributed by atoms with Crippen LogP contribution in [-0.4, -0.2) is 10.8 Å². The molecule has 19 heavy (non-hydrogen) atoms. The van der Waals surface area contributed by atoms with Gasteiger partial charge in [-0.25, -0.2) is 0 Å². The third kappa shape index (κ3) is 2.14. The minimum Gasteiger partial charge on any atom is -0.366 e. The molecule has 0 aromatic heterocycles. The summed E-state index contributed by atoms with van der Waals surface area (Å²) >= 11 is 0. The van der Waals surface area contributed by atoms with Crippen LogP contribution >= 0.6 is 0 Å². The minimum absolute atomic E-state index is 0.125. The SMILES string of the molecule is Cc1ccccc1C1([N+](=O)[O-])C=CC(C(N)=O)=CC1. The van der Waals surface area contributed by atoms with Gasteiger partial charge in [0.2, 0.25) is 5.91 Å². The first-order chi connectivity index (χ1) is 8.97. The van der Waals surface area contributed by atoms with E-state index in [-0.39, 0.29) is 11.3 Å². The highest BCUT2D eigenvalue weighted by atomic mass is 16.6. The van der Waals surface area contributed by atoms with Crippen molar-refractivity contribution in [3.63, 3.8) is 0 Å². The van der Waals surface area contributed by atoms with Crippen LogP contribution in [0.15, 0.2) is 48.1 Å². The number of nitro groups is 1. The predicted octanol–water partition coefficient (Wildman–Crippen LogP) is 1.84. The van der Waals surface area contributed by atoms with Gasteiger partial charge in [0.1, 0.15) is 0 Å². The molecule has 1 atom stereocenters. The lowest BCUT2D eigenvalue weighted by Gasteiger charge is -2.25. The van der Waals surface area contributed by atoms with Crippen LogP contribution in [0.2, 0.25) is 0 Å². The molecule has 0 bridgehead atoms. The lowest BCUT2D eigenvalue weighted by atomic mass is 9.80. The summed E-state index contributed by atoms with van der Waals surface area (Å²) in [6.45, 7) is 1.84. The lowest BCUT2D eigenvalue weighted by Crippen LogP contribution is -2.35. The Morgan fingerprint density at radius 1 is 1.42 bits per heavy atom. The smallest absolute Gasteiger partial charge is 0.269 e. The van der Waals surface area contributed by atoms with Gasteiger partial charge in [-0.3, -0.25) is 14.9 Å². The second-order valence-corrected chi connectivity index (χ2v) is 4.56. The van der Waals surface area contributed by atoms with Gasteiger partial charge < -0.3 is 5.73 Å². The number of benzene rings is 1. The summed E-state index contributed by atoms with van der Waals surface area (Å²) in [5.74, 6) is -0.571. The van der Waals surface area contributed by atoms with Crippen molar-refractivity contribution in [2.24, 2.45) is 5.73 Å². The fourth-order valence-electron chi connectivity index (χ4n) is 2.30. The molecule has 0 saturated carbocycles. The van der Waals surface area contributed by atoms with Crippen molar-refractivity contribution in [1.29, 1.82) is 0 Å². The zero-order chi connectivity index (χ0) is 14.0. The molecule has 98 valence electrons. The molecule has 5 heteroatoms. The van der Waals surface area contributed by atoms with Crippen molar-refractivity contribution >= 4 is 5.91 Å². The van der Waals surface area contributed by atoms with Crippen LogP contribution in [0.4, 0.5) is 0 Å². The molecular weight excluding hydrogens is 244 g/mol. The molecule has 1 unspecified atom stereocenters. The molecule has 1 aromatic carbocycles. The highest BCUT2D eigenvalue weighted by Crippen LogP contribution is 2.36. The molecule has 0 aliphatic heterocycles. The number of hydrogen-bond donors (Lipinski definition) is 1. The van der Waals surface area contributed by atoms with Gasteiger partial charge in [-0.15, -0.1) is 0 Å². The Morgan fingerprint density at radius 2 is 2.11 bits per heavy atom. The average molecular weight is 258 g/mol. The quantitative estimate of drug-likeness (QED) is 0.663. The molecule has 1 aliphatic rings. The lowest BCUT2D eigenvalue weighted by molar-refractivity contribution is -0.563. The first kappa shape index (κ1) is 13.0. The molecule has 2 N–H and O–H groups in total. The van der Waals surface area contributed by atoms with E-state index in [1.54, 1.807) is 12.1 Å². The Morgan fingerprint density at radius 3 is 2.58 bits per heavy atom. The zero-order valence-electron chi connectivity index (χ0n) is 10.5. The van der Waals surface area contributed by atoms with E-state index in [2.05, 4.69) is 0 Å². The molecule has 1 aromatic rings. The van der Waals surface area contributed by atoms with Gasteiger partial charge in [0.15, 0.2) is 0 Å². The third-order valence-electron chi connectivity index (χ3n) is 3.39. The van der Waals surface area contributed by atoms with Gasteiger partial charge in [-0.2, -0.15) is 0 Å². The topological polar surface area (TPSA) is 86.2 Å². The molecule has 1 amide bonds. The van der Waals surface area contributed by atoms with Crippen LogP contribution in [0, 0.1) is 17.0 Å². The van der Waals surface area contributed by atoms with Gasteiger partial charge in [0, 0.05) is 22.5 Å². The number of hydrogen-bond acceptors (Lipinski definition) is 3. The largest absolute Gasteiger partial charge is 0.366 e. The number of amides is 1. The molecule has 0 fully saturated rings. The first-order valence-corrected chi connectivity index (χ1v) is 5.87. The maximum absolute atomic E-state index is 11.5. The Hall–Kier alpha value is -2.43. The second-order valence-electron chi connectivity index (χ2n) is 4.56. The van der Waals surface area contributed by atoms with Crippen LogP contribution in [0.1, 0.15) is 17.5 Å². The van der Waals surface area contributed by atoms with Crippen LogP contribution < -0.4 is 5.73 Å². The van der Waals surface area contributed by atoms with Gasteiger partial charge in [-0.05, 0) is 24.6 Å². The summed E-state index contributed by atoms with van der Waals surface area (Å²) in [5, 5.41) is 11.5. The van der Waals surface area contributed by atoms with Gasteiger partial charge in [0.25, 0.3) is 5.54 Å². The maximum Gasteiger partial charge on any atom is 0.269 e. The molecule has 1 aliphatic carbocycles. The van der Waals surface area contributed by atoms with Crippen molar-refractivity contribution < 1.29 is 9.72 Å². The number of primary amides is 1. The van der Waals surface area contributed by atoms with Crippen molar-refractivity contribution in [2.75, 3.05) is 0 Å². The normalized spacial score (nSPS) is 21.8. The molecule has 0 heterocycles. The summed E-state index contributed by atoms with van der Waals surface area (Å²) in [4.78, 5) is 22.3. The number of rotatable bonds is 3. The number of carbonyl (C=O) groups is 1. The molecule has 0 radical (unpaired) electrons. The van der Waals surface area contributed by atoms with E-state index in [1.807, 2.05) is 19.1 Å². The Kier molecular flexibility index (Phi) is 3.21. The van der Waals surface area contributed by atoms with E-state index in [9.17, 15) is 14.9 Å². The summed E-state index contributed by atoms with van der Waals surface area (Å²) in [5.41, 5.74) is 5.65. The monoisotopic (exact) mass is 258 g/mol. The molecule has 0 spiro atoms. The Bertz CT molecular complexity index is 604. The fraction of sp³-hybridized carbons (Fsp3) is 0.214. The van der Waals surface area contributed by atoms with Crippen LogP contribution in [0.5, 0.6) is 0 Å². The van der Waals surface area contributed by atoms with Crippen LogP contribution in [0.3, 0.4) is 0 Å². The molecular formula is C14H14N2O3. The summed E-state index contributed by atoms with van der Waals surface area (Å²) in [6, 6.07) is 7.19. The summed E-state index contributed by atoms with van der Waals surface area (Å²) in [7, 11) is 0. The van der Waals surface area contributed by atoms with Crippen molar-refractivity contribution in [2.45, 2.75) is 18.9 Å². The van der Waals surface area contributed by atoms with Crippen LogP contribution in [0.25, 0.3) is 0 Å². The number of nitrogens with two attached hydrogens (primary N) is 1. The fourth-order valence-corrected chi connectivity index (χ4v) is 2.30. The number of nitrogens with zero attached hydrogens (tertiary/aromatic N) is 1. The van der Waals surface area contributed by atoms with Crippen molar-refractivity contribution in [3.05, 3.63) is 69.3 Å². The highest BCUT2D eigenvalue weighted by molar-refractivity contribution is 5.95. The second kappa shape index (κ2) is 4.68. The molecule has 2 rings (SSSR count). The highest BCUT2D eigenvalue weighted by Gasteiger charge is 2.43. The van der Waals surface area contributed by atoms with Crippen molar-refractivity contribution in [1.82, 2.24) is 0 Å². The Labute approximate surface area is 110 Å². The average Bonchev–Trinajstić information content (AvgIpc) is 2.39. The van der Waals surface area contributed by atoms with Crippen LogP contribution in [-0.2, 0) is 10.3 Å². The first-order valence-electron chi connectivity index (χ1n) is 5.87. The minimum atomic E-state index is -1.32. The van der Waals surface area contributed by atoms with E-state index in [4.69, 9.17) is 5.73 Å². The molecule has 0 saturated heterocycles. The van der Waals surface area contributed by atoms with Crippen molar-refractivity contribution in [3.8, 4) is 0 Å². The number of aryl methyl sites for hydroxylation is 1. The summed E-state index contributed by atoms with van der Waals surface area (Å²) < 4.78 is 0.